The van der Waals surface area contributed by atoms with Gasteiger partial charge in [-0.3, -0.25) is 9.59 Å². The first-order valence-corrected chi connectivity index (χ1v) is 8.52. The van der Waals surface area contributed by atoms with Crippen molar-refractivity contribution in [3.8, 4) is 0 Å². The molecule has 1 saturated heterocycles. The van der Waals surface area contributed by atoms with Crippen LogP contribution in [0.4, 0.5) is 0 Å². The summed E-state index contributed by atoms with van der Waals surface area (Å²) < 4.78 is 4.70. The predicted molar refractivity (Wildman–Crippen MR) is 90.3 cm³/mol. The Morgan fingerprint density at radius 1 is 1.36 bits per heavy atom. The molecule has 0 unspecified atom stereocenters. The number of nitrogens with one attached hydrogen (secondary N) is 1. The van der Waals surface area contributed by atoms with Gasteiger partial charge >= 0.3 is 0 Å². The molecule has 0 bridgehead atoms. The standard InChI is InChI=1S/C18H22N4O3/c1-13(17-19-12-25-21-17)20-18(24)15-8-5-9-22(11-15)16(23)10-14-6-3-2-4-7-14/h2-4,6-7,12-13,15H,5,8-11H2,1H3,(H,20,24)/t13-,15-/m0/s1. The van der Waals surface area contributed by atoms with E-state index in [0.29, 0.717) is 25.3 Å². The number of hydrogen-bond donors (Lipinski definition) is 1. The molecule has 25 heavy (non-hydrogen) atoms. The molecule has 2 heterocycles. The van der Waals surface area contributed by atoms with E-state index in [4.69, 9.17) is 4.52 Å². The van der Waals surface area contributed by atoms with Gasteiger partial charge in [0.2, 0.25) is 18.2 Å². The molecule has 7 heteroatoms. The maximum absolute atomic E-state index is 12.5. The molecule has 2 amide bonds. The molecule has 1 N–H and O–H groups in total. The Labute approximate surface area is 146 Å². The quantitative estimate of drug-likeness (QED) is 0.894. The van der Waals surface area contributed by atoms with E-state index in [9.17, 15) is 9.59 Å². The van der Waals surface area contributed by atoms with Gasteiger partial charge in [-0.05, 0) is 25.3 Å². The number of carbonyl (C=O) groups excluding carboxylic acids is 2. The second-order valence-electron chi connectivity index (χ2n) is 6.36. The summed E-state index contributed by atoms with van der Waals surface area (Å²) in [5.41, 5.74) is 0.991. The van der Waals surface area contributed by atoms with Gasteiger partial charge in [-0.1, -0.05) is 35.5 Å². The third-order valence-corrected chi connectivity index (χ3v) is 4.47. The van der Waals surface area contributed by atoms with Crippen molar-refractivity contribution in [1.82, 2.24) is 20.4 Å². The van der Waals surface area contributed by atoms with E-state index in [1.165, 1.54) is 6.39 Å². The summed E-state index contributed by atoms with van der Waals surface area (Å²) >= 11 is 0. The zero-order valence-electron chi connectivity index (χ0n) is 14.2. The SMILES string of the molecule is C[C@H](NC(=O)[C@H]1CCCN(C(=O)Cc2ccccc2)C1)c1ncon1. The lowest BCUT2D eigenvalue weighted by Gasteiger charge is -2.32. The lowest BCUT2D eigenvalue weighted by Crippen LogP contribution is -2.46. The van der Waals surface area contributed by atoms with E-state index < -0.39 is 0 Å². The molecule has 7 nitrogen and oxygen atoms in total. The van der Waals surface area contributed by atoms with Gasteiger partial charge in [-0.2, -0.15) is 4.98 Å². The first-order chi connectivity index (χ1) is 12.1. The smallest absolute Gasteiger partial charge is 0.227 e. The molecule has 2 aromatic rings. The molecule has 1 fully saturated rings. The fraction of sp³-hybridized carbons (Fsp3) is 0.444. The van der Waals surface area contributed by atoms with Crippen molar-refractivity contribution >= 4 is 11.8 Å². The number of hydrogen-bond acceptors (Lipinski definition) is 5. The van der Waals surface area contributed by atoms with Crippen LogP contribution in [0.5, 0.6) is 0 Å². The summed E-state index contributed by atoms with van der Waals surface area (Å²) in [6.45, 7) is 2.97. The van der Waals surface area contributed by atoms with Crippen molar-refractivity contribution < 1.29 is 14.1 Å². The van der Waals surface area contributed by atoms with Crippen LogP contribution in [0.25, 0.3) is 0 Å². The molecule has 1 aliphatic heterocycles. The van der Waals surface area contributed by atoms with Gasteiger partial charge in [0.05, 0.1) is 18.4 Å². The van der Waals surface area contributed by atoms with E-state index in [1.54, 1.807) is 4.90 Å². The number of piperidine rings is 1. The van der Waals surface area contributed by atoms with Crippen molar-refractivity contribution in [2.24, 2.45) is 5.92 Å². The molecule has 1 aliphatic rings. The van der Waals surface area contributed by atoms with Crippen molar-refractivity contribution in [3.05, 3.63) is 48.1 Å². The Bertz CT molecular complexity index is 702. The molecule has 2 atom stereocenters. The van der Waals surface area contributed by atoms with Gasteiger partial charge in [-0.15, -0.1) is 0 Å². The number of nitrogens with zero attached hydrogens (tertiary/aromatic N) is 3. The number of carbonyl (C=O) groups is 2. The molecule has 1 aromatic carbocycles. The van der Waals surface area contributed by atoms with Crippen LogP contribution >= 0.6 is 0 Å². The largest absolute Gasteiger partial charge is 0.346 e. The highest BCUT2D eigenvalue weighted by Crippen LogP contribution is 2.19. The zero-order chi connectivity index (χ0) is 17.6. The van der Waals surface area contributed by atoms with Crippen LogP contribution in [0.15, 0.2) is 41.2 Å². The highest BCUT2D eigenvalue weighted by Gasteiger charge is 2.29. The number of benzene rings is 1. The maximum atomic E-state index is 12.5. The van der Waals surface area contributed by atoms with Crippen LogP contribution in [0.1, 0.15) is 37.2 Å². The van der Waals surface area contributed by atoms with Crippen LogP contribution in [0.3, 0.4) is 0 Å². The van der Waals surface area contributed by atoms with Gasteiger partial charge in [0.25, 0.3) is 0 Å². The minimum absolute atomic E-state index is 0.0647. The molecular weight excluding hydrogens is 320 g/mol. The average molecular weight is 342 g/mol. The van der Waals surface area contributed by atoms with Crippen LogP contribution < -0.4 is 5.32 Å². The molecule has 0 radical (unpaired) electrons. The third-order valence-electron chi connectivity index (χ3n) is 4.47. The fourth-order valence-corrected chi connectivity index (χ4v) is 3.07. The lowest BCUT2D eigenvalue weighted by molar-refractivity contribution is -0.135. The van der Waals surface area contributed by atoms with Crippen molar-refractivity contribution in [2.75, 3.05) is 13.1 Å². The summed E-state index contributed by atoms with van der Waals surface area (Å²) in [4.78, 5) is 30.7. The van der Waals surface area contributed by atoms with Crippen LogP contribution in [-0.2, 0) is 16.0 Å². The molecule has 132 valence electrons. The van der Waals surface area contributed by atoms with Gasteiger partial charge in [0, 0.05) is 13.1 Å². The Kier molecular flexibility index (Phi) is 5.42. The fourth-order valence-electron chi connectivity index (χ4n) is 3.07. The second kappa shape index (κ2) is 7.92. The Morgan fingerprint density at radius 3 is 2.88 bits per heavy atom. The van der Waals surface area contributed by atoms with Crippen LogP contribution in [0, 0.1) is 5.92 Å². The van der Waals surface area contributed by atoms with Gasteiger partial charge in [-0.25, -0.2) is 0 Å². The van der Waals surface area contributed by atoms with Gasteiger partial charge in [0.15, 0.2) is 5.82 Å². The number of rotatable bonds is 5. The minimum atomic E-state index is -0.318. The summed E-state index contributed by atoms with van der Waals surface area (Å²) in [5, 5.41) is 6.64. The predicted octanol–water partition coefficient (Wildman–Crippen LogP) is 1.73. The zero-order valence-corrected chi connectivity index (χ0v) is 14.2. The number of aromatic nitrogens is 2. The highest BCUT2D eigenvalue weighted by molar-refractivity contribution is 5.82. The molecule has 3 rings (SSSR count). The molecule has 0 spiro atoms. The van der Waals surface area contributed by atoms with Gasteiger partial charge < -0.3 is 14.7 Å². The normalized spacial score (nSPS) is 18.6. The average Bonchev–Trinajstić information content (AvgIpc) is 3.17. The van der Waals surface area contributed by atoms with Gasteiger partial charge in [0.1, 0.15) is 0 Å². The Hall–Kier alpha value is -2.70. The first-order valence-electron chi connectivity index (χ1n) is 8.52. The van der Waals surface area contributed by atoms with Crippen molar-refractivity contribution in [3.63, 3.8) is 0 Å². The summed E-state index contributed by atoms with van der Waals surface area (Å²) in [5.74, 6) is 0.230. The molecule has 0 aliphatic carbocycles. The lowest BCUT2D eigenvalue weighted by atomic mass is 9.96. The van der Waals surface area contributed by atoms with Crippen LogP contribution in [-0.4, -0.2) is 39.9 Å². The number of likely N-dealkylation sites (tertiary alicyclic amines) is 1. The molecular formula is C18H22N4O3. The summed E-state index contributed by atoms with van der Waals surface area (Å²) in [7, 11) is 0. The van der Waals surface area contributed by atoms with E-state index in [0.717, 1.165) is 18.4 Å². The first kappa shape index (κ1) is 17.1. The summed E-state index contributed by atoms with van der Waals surface area (Å²) in [6.07, 6.45) is 3.21. The third kappa shape index (κ3) is 4.43. The van der Waals surface area contributed by atoms with E-state index in [1.807, 2.05) is 37.3 Å². The van der Waals surface area contributed by atoms with Crippen molar-refractivity contribution in [2.45, 2.75) is 32.2 Å². The van der Waals surface area contributed by atoms with E-state index in [2.05, 4.69) is 15.5 Å². The second-order valence-corrected chi connectivity index (χ2v) is 6.36. The molecule has 0 saturated carbocycles. The Morgan fingerprint density at radius 2 is 2.16 bits per heavy atom. The topological polar surface area (TPSA) is 88.3 Å². The number of amides is 2. The highest BCUT2D eigenvalue weighted by atomic mass is 16.5. The minimum Gasteiger partial charge on any atom is -0.346 e. The maximum Gasteiger partial charge on any atom is 0.227 e. The molecule has 1 aromatic heterocycles. The monoisotopic (exact) mass is 342 g/mol. The van der Waals surface area contributed by atoms with E-state index >= 15 is 0 Å². The van der Waals surface area contributed by atoms with Crippen LogP contribution in [0.2, 0.25) is 0 Å². The Balaban J connectivity index is 1.55. The van der Waals surface area contributed by atoms with E-state index in [-0.39, 0.29) is 23.8 Å². The van der Waals surface area contributed by atoms with Crippen molar-refractivity contribution in [1.29, 1.82) is 0 Å². The summed E-state index contributed by atoms with van der Waals surface area (Å²) in [6, 6.07) is 9.35.